The first kappa shape index (κ1) is 16.5. The normalized spacial score (nSPS) is 11.1. The Morgan fingerprint density at radius 2 is 2.00 bits per heavy atom. The molecule has 0 aliphatic rings. The highest BCUT2D eigenvalue weighted by Gasteiger charge is 2.15. The summed E-state index contributed by atoms with van der Waals surface area (Å²) in [6.07, 6.45) is 1.09. The lowest BCUT2D eigenvalue weighted by Crippen LogP contribution is -2.23. The second-order valence-electron chi connectivity index (χ2n) is 6.27. The maximum absolute atomic E-state index is 13.1. The van der Waals surface area contributed by atoms with Crippen LogP contribution in [0.25, 0.3) is 32.1 Å². The zero-order valence-corrected chi connectivity index (χ0v) is 15.2. The number of fused-ring (bicyclic) bond motifs is 2. The summed E-state index contributed by atoms with van der Waals surface area (Å²) in [7, 11) is 0. The molecule has 0 amide bonds. The van der Waals surface area contributed by atoms with E-state index in [2.05, 4.69) is 41.4 Å². The van der Waals surface area contributed by atoms with Crippen molar-refractivity contribution in [2.75, 3.05) is 0 Å². The summed E-state index contributed by atoms with van der Waals surface area (Å²) in [4.78, 5) is 18.5. The Bertz CT molecular complexity index is 1210. The van der Waals surface area contributed by atoms with E-state index < -0.39 is 0 Å². The van der Waals surface area contributed by atoms with Gasteiger partial charge >= 0.3 is 0 Å². The Hall–Kier alpha value is -2.97. The molecule has 0 aliphatic heterocycles. The van der Waals surface area contributed by atoms with Crippen molar-refractivity contribution < 1.29 is 0 Å². The van der Waals surface area contributed by atoms with Gasteiger partial charge in [-0.05, 0) is 35.7 Å². The van der Waals surface area contributed by atoms with Gasteiger partial charge < -0.3 is 0 Å². The van der Waals surface area contributed by atoms with Crippen molar-refractivity contribution in [2.45, 2.75) is 26.3 Å². The quantitative estimate of drug-likeness (QED) is 0.487. The third-order valence-corrected chi connectivity index (χ3v) is 5.49. The molecule has 0 N–H and O–H groups in total. The van der Waals surface area contributed by atoms with Gasteiger partial charge in [-0.3, -0.25) is 9.36 Å². The van der Waals surface area contributed by atoms with Crippen molar-refractivity contribution in [1.82, 2.24) is 9.55 Å². The molecule has 5 heteroatoms. The SMILES string of the molecule is Cc1nc2scc(-c3ccc4ccccc4c3)c2c(=O)n1CCCC#N. The van der Waals surface area contributed by atoms with Crippen LogP contribution in [0.5, 0.6) is 0 Å². The van der Waals surface area contributed by atoms with E-state index in [1.807, 2.05) is 24.4 Å². The Balaban J connectivity index is 1.88. The summed E-state index contributed by atoms with van der Waals surface area (Å²) in [5.41, 5.74) is 1.94. The minimum absolute atomic E-state index is 0.0187. The first-order valence-corrected chi connectivity index (χ1v) is 9.42. The van der Waals surface area contributed by atoms with E-state index >= 15 is 0 Å². The Kier molecular flexibility index (Phi) is 4.27. The number of unbranched alkanes of at least 4 members (excludes halogenated alkanes) is 1. The van der Waals surface area contributed by atoms with Gasteiger partial charge in [0.15, 0.2) is 0 Å². The number of nitriles is 1. The number of hydrogen-bond acceptors (Lipinski definition) is 4. The Labute approximate surface area is 155 Å². The highest BCUT2D eigenvalue weighted by molar-refractivity contribution is 7.17. The van der Waals surface area contributed by atoms with E-state index in [4.69, 9.17) is 5.26 Å². The number of aromatic nitrogens is 2. The lowest BCUT2D eigenvalue weighted by atomic mass is 10.0. The van der Waals surface area contributed by atoms with Crippen LogP contribution in [0.2, 0.25) is 0 Å². The molecular weight excluding hydrogens is 342 g/mol. The summed E-state index contributed by atoms with van der Waals surface area (Å²) in [5, 5.41) is 13.8. The smallest absolute Gasteiger partial charge is 0.262 e. The lowest BCUT2D eigenvalue weighted by molar-refractivity contribution is 0.607. The van der Waals surface area contributed by atoms with E-state index in [-0.39, 0.29) is 5.56 Å². The van der Waals surface area contributed by atoms with Crippen molar-refractivity contribution in [3.05, 3.63) is 64.0 Å². The van der Waals surface area contributed by atoms with Crippen LogP contribution in [0, 0.1) is 18.3 Å². The van der Waals surface area contributed by atoms with Crippen molar-refractivity contribution in [1.29, 1.82) is 5.26 Å². The van der Waals surface area contributed by atoms with Crippen molar-refractivity contribution in [2.24, 2.45) is 0 Å². The fourth-order valence-electron chi connectivity index (χ4n) is 3.27. The summed E-state index contributed by atoms with van der Waals surface area (Å²) in [6, 6.07) is 16.6. The lowest BCUT2D eigenvalue weighted by Gasteiger charge is -2.09. The largest absolute Gasteiger partial charge is 0.296 e. The van der Waals surface area contributed by atoms with E-state index in [0.717, 1.165) is 21.3 Å². The topological polar surface area (TPSA) is 58.7 Å². The first-order chi connectivity index (χ1) is 12.7. The molecule has 0 saturated carbocycles. The van der Waals surface area contributed by atoms with Crippen molar-refractivity contribution in [3.8, 4) is 17.2 Å². The van der Waals surface area contributed by atoms with Gasteiger partial charge in [0.2, 0.25) is 0 Å². The van der Waals surface area contributed by atoms with Crippen LogP contribution >= 0.6 is 11.3 Å². The maximum atomic E-state index is 13.1. The van der Waals surface area contributed by atoms with Crippen LogP contribution in [0.1, 0.15) is 18.7 Å². The van der Waals surface area contributed by atoms with E-state index in [9.17, 15) is 4.79 Å². The van der Waals surface area contributed by atoms with Gasteiger partial charge in [0, 0.05) is 23.9 Å². The minimum atomic E-state index is -0.0187. The average molecular weight is 359 g/mol. The molecule has 2 aromatic heterocycles. The summed E-state index contributed by atoms with van der Waals surface area (Å²) < 4.78 is 1.69. The van der Waals surface area contributed by atoms with Crippen molar-refractivity contribution >= 4 is 32.3 Å². The summed E-state index contributed by atoms with van der Waals surface area (Å²) in [5.74, 6) is 0.701. The molecule has 2 aromatic carbocycles. The molecule has 26 heavy (non-hydrogen) atoms. The van der Waals surface area contributed by atoms with Gasteiger partial charge in [0.25, 0.3) is 5.56 Å². The molecule has 128 valence electrons. The van der Waals surface area contributed by atoms with Gasteiger partial charge in [-0.1, -0.05) is 36.4 Å². The second-order valence-corrected chi connectivity index (χ2v) is 7.13. The van der Waals surface area contributed by atoms with Gasteiger partial charge in [-0.25, -0.2) is 4.98 Å². The van der Waals surface area contributed by atoms with Gasteiger partial charge in [-0.15, -0.1) is 11.3 Å². The molecule has 4 nitrogen and oxygen atoms in total. The number of thiophene rings is 1. The first-order valence-electron chi connectivity index (χ1n) is 8.54. The Morgan fingerprint density at radius 1 is 1.19 bits per heavy atom. The van der Waals surface area contributed by atoms with Crippen molar-refractivity contribution in [3.63, 3.8) is 0 Å². The molecule has 0 spiro atoms. The Morgan fingerprint density at radius 3 is 2.81 bits per heavy atom. The van der Waals surface area contributed by atoms with E-state index in [1.54, 1.807) is 4.57 Å². The summed E-state index contributed by atoms with van der Waals surface area (Å²) in [6.45, 7) is 2.37. The number of nitrogens with zero attached hydrogens (tertiary/aromatic N) is 3. The van der Waals surface area contributed by atoms with Gasteiger partial charge in [0.1, 0.15) is 10.7 Å². The third-order valence-electron chi connectivity index (χ3n) is 4.62. The number of aryl methyl sites for hydroxylation is 1. The minimum Gasteiger partial charge on any atom is -0.296 e. The van der Waals surface area contributed by atoms with Crippen LogP contribution < -0.4 is 5.56 Å². The van der Waals surface area contributed by atoms with Gasteiger partial charge in [-0.2, -0.15) is 5.26 Å². The molecule has 0 bridgehead atoms. The predicted molar refractivity (Wildman–Crippen MR) is 106 cm³/mol. The van der Waals surface area contributed by atoms with Crippen LogP contribution in [0.4, 0.5) is 0 Å². The number of hydrogen-bond donors (Lipinski definition) is 0. The standard InChI is InChI=1S/C21H17N3OS/c1-14-23-20-19(21(25)24(14)11-5-4-10-22)18(13-26-20)17-9-8-15-6-2-3-7-16(15)12-17/h2-3,6-9,12-13H,4-5,11H2,1H3. The summed E-state index contributed by atoms with van der Waals surface area (Å²) >= 11 is 1.50. The third kappa shape index (κ3) is 2.79. The highest BCUT2D eigenvalue weighted by Crippen LogP contribution is 2.32. The molecule has 0 aliphatic carbocycles. The zero-order chi connectivity index (χ0) is 18.1. The molecule has 0 atom stereocenters. The molecule has 2 heterocycles. The molecular formula is C21H17N3OS. The highest BCUT2D eigenvalue weighted by atomic mass is 32.1. The predicted octanol–water partition coefficient (Wildman–Crippen LogP) is 4.89. The van der Waals surface area contributed by atoms with Crippen LogP contribution in [0.15, 0.2) is 52.6 Å². The van der Waals surface area contributed by atoms with Crippen LogP contribution in [-0.2, 0) is 6.54 Å². The van der Waals surface area contributed by atoms with E-state index in [0.29, 0.717) is 30.6 Å². The van der Waals surface area contributed by atoms with Gasteiger partial charge in [0.05, 0.1) is 11.5 Å². The molecule has 0 radical (unpaired) electrons. The number of rotatable bonds is 4. The molecule has 0 unspecified atom stereocenters. The fraction of sp³-hybridized carbons (Fsp3) is 0.190. The fourth-order valence-corrected chi connectivity index (χ4v) is 4.26. The monoisotopic (exact) mass is 359 g/mol. The maximum Gasteiger partial charge on any atom is 0.262 e. The van der Waals surface area contributed by atoms with E-state index in [1.165, 1.54) is 16.7 Å². The van der Waals surface area contributed by atoms with Crippen LogP contribution in [-0.4, -0.2) is 9.55 Å². The molecule has 4 rings (SSSR count). The zero-order valence-electron chi connectivity index (χ0n) is 14.4. The molecule has 4 aromatic rings. The average Bonchev–Trinajstić information content (AvgIpc) is 3.08. The number of benzene rings is 2. The second kappa shape index (κ2) is 6.74. The van der Waals surface area contributed by atoms with Crippen LogP contribution in [0.3, 0.4) is 0 Å². The molecule has 0 saturated heterocycles. The molecule has 0 fully saturated rings.